The van der Waals surface area contributed by atoms with Crippen LogP contribution in [0.15, 0.2) is 24.3 Å². The van der Waals surface area contributed by atoms with Crippen LogP contribution in [0.25, 0.3) is 5.69 Å². The number of aryl methyl sites for hydroxylation is 1. The van der Waals surface area contributed by atoms with Crippen LogP contribution >= 0.6 is 0 Å². The summed E-state index contributed by atoms with van der Waals surface area (Å²) in [5, 5.41) is 16.9. The zero-order valence-corrected chi connectivity index (χ0v) is 16.0. The van der Waals surface area contributed by atoms with Crippen molar-refractivity contribution in [1.29, 1.82) is 0 Å². The van der Waals surface area contributed by atoms with Crippen LogP contribution in [0, 0.1) is 6.92 Å². The molecule has 1 atom stereocenters. The maximum atomic E-state index is 13.1. The number of benzene rings is 1. The number of hydrogen-bond acceptors (Lipinski definition) is 4. The first-order valence-electron chi connectivity index (χ1n) is 9.77. The van der Waals surface area contributed by atoms with Gasteiger partial charge < -0.3 is 15.2 Å². The van der Waals surface area contributed by atoms with Gasteiger partial charge in [0.05, 0.1) is 24.3 Å². The summed E-state index contributed by atoms with van der Waals surface area (Å²) in [7, 11) is 0. The van der Waals surface area contributed by atoms with E-state index in [0.29, 0.717) is 18.7 Å². The van der Waals surface area contributed by atoms with Gasteiger partial charge in [-0.1, -0.05) is 17.7 Å². The first kappa shape index (κ1) is 18.7. The number of nitrogens with zero attached hydrogens (tertiary/aromatic N) is 2. The minimum Gasteiger partial charge on any atom is -0.481 e. The Kier molecular flexibility index (Phi) is 4.93. The maximum Gasteiger partial charge on any atom is 0.305 e. The number of amides is 1. The number of hydrogen-bond donors (Lipinski definition) is 2. The number of ether oxygens (including phenoxy) is 1. The van der Waals surface area contributed by atoms with E-state index >= 15 is 0 Å². The zero-order chi connectivity index (χ0) is 19.7. The molecule has 7 heteroatoms. The van der Waals surface area contributed by atoms with Gasteiger partial charge in [0.2, 0.25) is 0 Å². The number of aliphatic carboxylic acids is 1. The van der Waals surface area contributed by atoms with Crippen molar-refractivity contribution in [2.45, 2.75) is 51.0 Å². The maximum absolute atomic E-state index is 13.1. The minimum absolute atomic E-state index is 0.153. The van der Waals surface area contributed by atoms with Crippen molar-refractivity contribution in [1.82, 2.24) is 15.1 Å². The molecule has 1 fully saturated rings. The van der Waals surface area contributed by atoms with Crippen LogP contribution in [-0.2, 0) is 22.4 Å². The van der Waals surface area contributed by atoms with Crippen molar-refractivity contribution in [3.05, 3.63) is 46.8 Å². The van der Waals surface area contributed by atoms with Gasteiger partial charge in [0.1, 0.15) is 0 Å². The van der Waals surface area contributed by atoms with Gasteiger partial charge in [-0.05, 0) is 51.2 Å². The number of carboxylic acids is 1. The molecular weight excluding hydrogens is 358 g/mol. The lowest BCUT2D eigenvalue weighted by Crippen LogP contribution is -2.50. The molecule has 1 unspecified atom stereocenters. The number of fused-ring (bicyclic) bond motifs is 1. The molecule has 1 aromatic heterocycles. The van der Waals surface area contributed by atoms with Crippen molar-refractivity contribution in [2.75, 3.05) is 13.2 Å². The molecule has 0 saturated carbocycles. The molecule has 1 aliphatic carbocycles. The molecule has 0 radical (unpaired) electrons. The van der Waals surface area contributed by atoms with Crippen molar-refractivity contribution >= 4 is 11.9 Å². The SMILES string of the molecule is Cc1ccc(-n2nc(C(=O)NC3(CC(=O)O)CCOC3)c3c2CCCC3)cc1. The molecule has 0 spiro atoms. The smallest absolute Gasteiger partial charge is 0.305 e. The van der Waals surface area contributed by atoms with E-state index < -0.39 is 11.5 Å². The highest BCUT2D eigenvalue weighted by molar-refractivity contribution is 5.95. The summed E-state index contributed by atoms with van der Waals surface area (Å²) >= 11 is 0. The van der Waals surface area contributed by atoms with Crippen LogP contribution in [0.4, 0.5) is 0 Å². The molecular formula is C21H25N3O4. The van der Waals surface area contributed by atoms with E-state index in [0.717, 1.165) is 42.6 Å². The second kappa shape index (κ2) is 7.39. The van der Waals surface area contributed by atoms with Gasteiger partial charge in [-0.25, -0.2) is 4.68 Å². The molecule has 1 aliphatic heterocycles. The van der Waals surface area contributed by atoms with Gasteiger partial charge in [0.15, 0.2) is 5.69 Å². The fourth-order valence-corrected chi connectivity index (χ4v) is 4.16. The highest BCUT2D eigenvalue weighted by Crippen LogP contribution is 2.29. The zero-order valence-electron chi connectivity index (χ0n) is 16.0. The van der Waals surface area contributed by atoms with E-state index in [2.05, 4.69) is 10.4 Å². The number of carbonyl (C=O) groups excluding carboxylic acids is 1. The van der Waals surface area contributed by atoms with Crippen molar-refractivity contribution in [2.24, 2.45) is 0 Å². The molecule has 2 N–H and O–H groups in total. The molecule has 2 aliphatic rings. The van der Waals surface area contributed by atoms with E-state index in [1.54, 1.807) is 0 Å². The third-order valence-corrected chi connectivity index (χ3v) is 5.65. The molecule has 28 heavy (non-hydrogen) atoms. The Morgan fingerprint density at radius 2 is 2.00 bits per heavy atom. The average Bonchev–Trinajstić information content (AvgIpc) is 3.27. The number of nitrogens with one attached hydrogen (secondary N) is 1. The van der Waals surface area contributed by atoms with Gasteiger partial charge in [-0.2, -0.15) is 5.10 Å². The standard InChI is InChI=1S/C21H25N3O4/c1-14-6-8-15(9-7-14)24-17-5-3-2-4-16(17)19(23-24)20(27)22-21(12-18(25)26)10-11-28-13-21/h6-9H,2-5,10-13H2,1H3,(H,22,27)(H,25,26). The molecule has 1 aromatic carbocycles. The third-order valence-electron chi connectivity index (χ3n) is 5.65. The Labute approximate surface area is 163 Å². The summed E-state index contributed by atoms with van der Waals surface area (Å²) in [6.45, 7) is 2.70. The predicted molar refractivity (Wildman–Crippen MR) is 103 cm³/mol. The second-order valence-electron chi connectivity index (χ2n) is 7.84. The summed E-state index contributed by atoms with van der Waals surface area (Å²) < 4.78 is 7.27. The number of rotatable bonds is 5. The first-order valence-corrected chi connectivity index (χ1v) is 9.77. The molecule has 4 rings (SSSR count). The molecule has 0 bridgehead atoms. The number of aromatic nitrogens is 2. The summed E-state index contributed by atoms with van der Waals surface area (Å²) in [5.74, 6) is -1.26. The lowest BCUT2D eigenvalue weighted by Gasteiger charge is -2.26. The lowest BCUT2D eigenvalue weighted by atomic mass is 9.92. The van der Waals surface area contributed by atoms with Crippen LogP contribution in [0.5, 0.6) is 0 Å². The van der Waals surface area contributed by atoms with Gasteiger partial charge in [0.25, 0.3) is 5.91 Å². The Morgan fingerprint density at radius 1 is 1.25 bits per heavy atom. The Bertz CT molecular complexity index is 895. The van der Waals surface area contributed by atoms with E-state index in [9.17, 15) is 14.7 Å². The van der Waals surface area contributed by atoms with Crippen molar-refractivity contribution < 1.29 is 19.4 Å². The Hall–Kier alpha value is -2.67. The van der Waals surface area contributed by atoms with Crippen LogP contribution in [0.3, 0.4) is 0 Å². The second-order valence-corrected chi connectivity index (χ2v) is 7.84. The van der Waals surface area contributed by atoms with Crippen molar-refractivity contribution in [3.63, 3.8) is 0 Å². The highest BCUT2D eigenvalue weighted by atomic mass is 16.5. The molecule has 148 valence electrons. The fourth-order valence-electron chi connectivity index (χ4n) is 4.16. The molecule has 1 amide bonds. The third kappa shape index (κ3) is 3.54. The Balaban J connectivity index is 1.68. The summed E-state index contributed by atoms with van der Waals surface area (Å²) in [4.78, 5) is 24.4. The van der Waals surface area contributed by atoms with Crippen LogP contribution in [0.2, 0.25) is 0 Å². The Morgan fingerprint density at radius 3 is 2.68 bits per heavy atom. The van der Waals surface area contributed by atoms with Gasteiger partial charge in [-0.3, -0.25) is 9.59 Å². The molecule has 7 nitrogen and oxygen atoms in total. The van der Waals surface area contributed by atoms with E-state index in [-0.39, 0.29) is 18.9 Å². The fraction of sp³-hybridized carbons (Fsp3) is 0.476. The van der Waals surface area contributed by atoms with Crippen LogP contribution in [0.1, 0.15) is 53.0 Å². The highest BCUT2D eigenvalue weighted by Gasteiger charge is 2.40. The van der Waals surface area contributed by atoms with Crippen LogP contribution < -0.4 is 5.32 Å². The number of carboxylic acid groups (broad SMARTS) is 1. The van der Waals surface area contributed by atoms with Gasteiger partial charge in [0, 0.05) is 17.9 Å². The quantitative estimate of drug-likeness (QED) is 0.827. The van der Waals surface area contributed by atoms with E-state index in [4.69, 9.17) is 4.74 Å². The predicted octanol–water partition coefficient (Wildman–Crippen LogP) is 2.42. The van der Waals surface area contributed by atoms with Gasteiger partial charge in [-0.15, -0.1) is 0 Å². The lowest BCUT2D eigenvalue weighted by molar-refractivity contribution is -0.138. The monoisotopic (exact) mass is 383 g/mol. The van der Waals surface area contributed by atoms with E-state index in [1.165, 1.54) is 5.56 Å². The van der Waals surface area contributed by atoms with Gasteiger partial charge >= 0.3 is 5.97 Å². The van der Waals surface area contributed by atoms with E-state index in [1.807, 2.05) is 35.9 Å². The number of carbonyl (C=O) groups is 2. The normalized spacial score (nSPS) is 21.3. The molecule has 2 heterocycles. The summed E-state index contributed by atoms with van der Waals surface area (Å²) in [5.41, 5.74) is 3.71. The first-order chi connectivity index (χ1) is 13.5. The summed E-state index contributed by atoms with van der Waals surface area (Å²) in [6.07, 6.45) is 4.13. The molecule has 2 aromatic rings. The average molecular weight is 383 g/mol. The topological polar surface area (TPSA) is 93.5 Å². The minimum atomic E-state index is -0.946. The molecule has 1 saturated heterocycles. The largest absolute Gasteiger partial charge is 0.481 e. The van der Waals surface area contributed by atoms with Crippen LogP contribution in [-0.4, -0.2) is 45.5 Å². The summed E-state index contributed by atoms with van der Waals surface area (Å²) in [6, 6.07) is 8.08. The van der Waals surface area contributed by atoms with Crippen molar-refractivity contribution in [3.8, 4) is 5.69 Å².